The van der Waals surface area contributed by atoms with E-state index in [2.05, 4.69) is 28.2 Å². The largest absolute Gasteiger partial charge is 0.491 e. The number of carbonyl (C=O) groups is 2. The molecule has 272 valence electrons. The summed E-state index contributed by atoms with van der Waals surface area (Å²) in [6.07, 6.45) is 1.84. The molecule has 4 rings (SSSR count). The summed E-state index contributed by atoms with van der Waals surface area (Å²) in [5, 5.41) is 3.01. The van der Waals surface area contributed by atoms with Crippen LogP contribution in [0.1, 0.15) is 73.3 Å². The number of H-pyrrole nitrogens is 1. The third kappa shape index (κ3) is 11.2. The average molecular weight is 692 g/mol. The summed E-state index contributed by atoms with van der Waals surface area (Å²) in [7, 11) is 0. The molecular formula is C39H53N3O8. The summed E-state index contributed by atoms with van der Waals surface area (Å²) in [6.45, 7) is 16.9. The van der Waals surface area contributed by atoms with E-state index in [0.29, 0.717) is 56.0 Å². The molecule has 0 radical (unpaired) electrons. The normalized spacial score (nSPS) is 13.6. The summed E-state index contributed by atoms with van der Waals surface area (Å²) in [5.41, 5.74) is 5.76. The highest BCUT2D eigenvalue weighted by Crippen LogP contribution is 2.34. The Labute approximate surface area is 295 Å². The lowest BCUT2D eigenvalue weighted by Gasteiger charge is -2.37. The monoisotopic (exact) mass is 691 g/mol. The molecule has 1 aliphatic heterocycles. The molecular weight excluding hydrogens is 638 g/mol. The van der Waals surface area contributed by atoms with Gasteiger partial charge in [0.05, 0.1) is 19.8 Å². The molecule has 1 fully saturated rings. The topological polar surface area (TPSA) is 128 Å². The number of carbonyl (C=O) groups excluding carboxylic acids is 2. The molecule has 2 aromatic carbocycles. The van der Waals surface area contributed by atoms with E-state index in [-0.39, 0.29) is 31.2 Å². The number of aromatic amines is 1. The molecule has 1 saturated heterocycles. The van der Waals surface area contributed by atoms with Crippen LogP contribution >= 0.6 is 0 Å². The molecule has 3 aromatic rings. The zero-order valence-corrected chi connectivity index (χ0v) is 30.6. The number of benzene rings is 2. The maximum absolute atomic E-state index is 13.8. The lowest BCUT2D eigenvalue weighted by molar-refractivity contribution is -0.160. The number of aromatic nitrogens is 1. The van der Waals surface area contributed by atoms with E-state index in [1.165, 1.54) is 0 Å². The highest BCUT2D eigenvalue weighted by atomic mass is 16.6. The molecule has 11 heteroatoms. The van der Waals surface area contributed by atoms with Crippen molar-refractivity contribution in [1.29, 1.82) is 0 Å². The van der Waals surface area contributed by atoms with Gasteiger partial charge in [0, 0.05) is 54.9 Å². The van der Waals surface area contributed by atoms with Crippen LogP contribution in [-0.2, 0) is 30.3 Å². The van der Waals surface area contributed by atoms with Gasteiger partial charge in [-0.25, -0.2) is 4.79 Å². The van der Waals surface area contributed by atoms with Gasteiger partial charge in [-0.3, -0.25) is 9.59 Å². The summed E-state index contributed by atoms with van der Waals surface area (Å²) < 4.78 is 27.6. The Bertz CT molecular complexity index is 1640. The van der Waals surface area contributed by atoms with Crippen molar-refractivity contribution in [2.75, 3.05) is 57.7 Å². The number of hydrogen-bond acceptors (Lipinski definition) is 9. The molecule has 1 amide bonds. The maximum Gasteiger partial charge on any atom is 0.332 e. The number of rotatable bonds is 16. The summed E-state index contributed by atoms with van der Waals surface area (Å²) in [6, 6.07) is 14.1. The zero-order chi connectivity index (χ0) is 36.3. The maximum atomic E-state index is 13.8. The number of amides is 1. The lowest BCUT2D eigenvalue weighted by Crippen LogP contribution is -2.40. The Morgan fingerprint density at radius 3 is 2.28 bits per heavy atom. The first-order valence-electron chi connectivity index (χ1n) is 17.4. The molecule has 11 nitrogen and oxygen atoms in total. The van der Waals surface area contributed by atoms with Gasteiger partial charge >= 0.3 is 5.97 Å². The van der Waals surface area contributed by atoms with Crippen LogP contribution in [0.25, 0.3) is 11.1 Å². The van der Waals surface area contributed by atoms with Crippen molar-refractivity contribution < 1.29 is 33.3 Å². The predicted octanol–water partition coefficient (Wildman–Crippen LogP) is 5.66. The lowest BCUT2D eigenvalue weighted by atomic mass is 9.95. The Kier molecular flexibility index (Phi) is 14.0. The van der Waals surface area contributed by atoms with Crippen molar-refractivity contribution in [3.63, 3.8) is 0 Å². The minimum atomic E-state index is -0.541. The Morgan fingerprint density at radius 2 is 1.62 bits per heavy atom. The first-order chi connectivity index (χ1) is 23.9. The fourth-order valence-corrected chi connectivity index (χ4v) is 6.10. The molecule has 0 bridgehead atoms. The fourth-order valence-electron chi connectivity index (χ4n) is 6.10. The van der Waals surface area contributed by atoms with Crippen molar-refractivity contribution in [2.24, 2.45) is 0 Å². The molecule has 1 aliphatic rings. The van der Waals surface area contributed by atoms with Crippen LogP contribution in [0, 0.1) is 20.8 Å². The second kappa shape index (κ2) is 18.2. The van der Waals surface area contributed by atoms with Gasteiger partial charge in [0.25, 0.3) is 11.5 Å². The number of anilines is 1. The van der Waals surface area contributed by atoms with Gasteiger partial charge in [-0.05, 0) is 114 Å². The van der Waals surface area contributed by atoms with E-state index in [0.717, 1.165) is 53.0 Å². The first kappa shape index (κ1) is 38.6. The molecule has 2 heterocycles. The quantitative estimate of drug-likeness (QED) is 0.145. The highest BCUT2D eigenvalue weighted by molar-refractivity contribution is 5.99. The average Bonchev–Trinajstić information content (AvgIpc) is 3.06. The van der Waals surface area contributed by atoms with Gasteiger partial charge in [-0.1, -0.05) is 12.1 Å². The summed E-state index contributed by atoms with van der Waals surface area (Å²) in [5.74, 6) is 0.0572. The molecule has 2 N–H and O–H groups in total. The third-order valence-corrected chi connectivity index (χ3v) is 8.52. The Morgan fingerprint density at radius 1 is 0.940 bits per heavy atom. The predicted molar refractivity (Wildman–Crippen MR) is 194 cm³/mol. The van der Waals surface area contributed by atoms with Crippen LogP contribution < -0.4 is 20.5 Å². The van der Waals surface area contributed by atoms with Crippen LogP contribution in [0.3, 0.4) is 0 Å². The highest BCUT2D eigenvalue weighted by Gasteiger charge is 2.25. The smallest absolute Gasteiger partial charge is 0.332 e. The van der Waals surface area contributed by atoms with Crippen molar-refractivity contribution in [3.05, 3.63) is 80.8 Å². The van der Waals surface area contributed by atoms with Crippen molar-refractivity contribution in [1.82, 2.24) is 10.3 Å². The Hall–Kier alpha value is -4.19. The van der Waals surface area contributed by atoms with Gasteiger partial charge in [0.2, 0.25) is 0 Å². The number of nitrogens with one attached hydrogen (secondary N) is 2. The van der Waals surface area contributed by atoms with E-state index >= 15 is 0 Å². The molecule has 50 heavy (non-hydrogen) atoms. The van der Waals surface area contributed by atoms with Gasteiger partial charge < -0.3 is 38.9 Å². The molecule has 0 aliphatic carbocycles. The Balaban J connectivity index is 1.43. The molecule has 0 spiro atoms. The van der Waals surface area contributed by atoms with Crippen LogP contribution in [0.15, 0.2) is 47.3 Å². The van der Waals surface area contributed by atoms with E-state index in [9.17, 15) is 14.4 Å². The van der Waals surface area contributed by atoms with Crippen molar-refractivity contribution in [3.8, 4) is 16.9 Å². The van der Waals surface area contributed by atoms with Gasteiger partial charge in [0.1, 0.15) is 24.6 Å². The molecule has 0 unspecified atom stereocenters. The van der Waals surface area contributed by atoms with Crippen LogP contribution in [0.5, 0.6) is 5.75 Å². The standard InChI is InChI=1S/C39H53N3O8/c1-8-42(31-13-15-46-16-14-31)35-23-30(22-33(28(35)4)37(44)40-24-34-26(2)21-27(3)41-38(34)45)29-9-11-32(12-10-29)49-20-19-47-17-18-48-25-36(43)50-39(5,6)7/h9-12,21-23,31H,8,13-20,24-25H2,1-7H3,(H,40,44)(H,41,45). The number of pyridine rings is 1. The minimum Gasteiger partial charge on any atom is -0.491 e. The third-order valence-electron chi connectivity index (χ3n) is 8.52. The van der Waals surface area contributed by atoms with E-state index in [4.69, 9.17) is 23.7 Å². The fraction of sp³-hybridized carbons (Fsp3) is 0.513. The van der Waals surface area contributed by atoms with E-state index in [1.807, 2.05) is 77.9 Å². The minimum absolute atomic E-state index is 0.113. The van der Waals surface area contributed by atoms with Gasteiger partial charge in [0.15, 0.2) is 0 Å². The van der Waals surface area contributed by atoms with Crippen molar-refractivity contribution in [2.45, 2.75) is 79.5 Å². The number of aryl methyl sites for hydroxylation is 2. The summed E-state index contributed by atoms with van der Waals surface area (Å²) in [4.78, 5) is 43.4. The summed E-state index contributed by atoms with van der Waals surface area (Å²) >= 11 is 0. The number of nitrogens with zero attached hydrogens (tertiary/aromatic N) is 1. The first-order valence-corrected chi connectivity index (χ1v) is 17.4. The molecule has 1 aromatic heterocycles. The van der Waals surface area contributed by atoms with Gasteiger partial charge in [-0.2, -0.15) is 0 Å². The van der Waals surface area contributed by atoms with Crippen LogP contribution in [-0.4, -0.2) is 81.3 Å². The second-order valence-electron chi connectivity index (χ2n) is 13.5. The van der Waals surface area contributed by atoms with Crippen molar-refractivity contribution >= 4 is 17.6 Å². The van der Waals surface area contributed by atoms with Gasteiger partial charge in [-0.15, -0.1) is 0 Å². The SMILES string of the molecule is CCN(c1cc(-c2ccc(OCCOCCOCC(=O)OC(C)(C)C)cc2)cc(C(=O)NCc2c(C)cc(C)[nH]c2=O)c1C)C1CCOCC1. The van der Waals surface area contributed by atoms with E-state index in [1.54, 1.807) is 0 Å². The zero-order valence-electron chi connectivity index (χ0n) is 30.6. The van der Waals surface area contributed by atoms with Crippen LogP contribution in [0.2, 0.25) is 0 Å². The second-order valence-corrected chi connectivity index (χ2v) is 13.5. The number of esters is 1. The number of hydrogen-bond donors (Lipinski definition) is 2. The molecule has 0 atom stereocenters. The van der Waals surface area contributed by atoms with Crippen LogP contribution in [0.4, 0.5) is 5.69 Å². The number of ether oxygens (including phenoxy) is 5. The molecule has 0 saturated carbocycles. The van der Waals surface area contributed by atoms with E-state index < -0.39 is 11.6 Å².